The number of methoxy groups -OCH3 is 1. The number of ketones is 3. The van der Waals surface area contributed by atoms with E-state index in [0.717, 1.165) is 25.7 Å². The first kappa shape index (κ1) is 71.7. The maximum Gasteiger partial charge on any atom is 0.421 e. The number of rotatable bonds is 27. The van der Waals surface area contributed by atoms with Gasteiger partial charge >= 0.3 is 28.5 Å². The number of ether oxygens (including phenoxy) is 10. The summed E-state index contributed by atoms with van der Waals surface area (Å²) in [6.07, 6.45) is -5.65. The molecule has 0 bridgehead atoms. The van der Waals surface area contributed by atoms with Gasteiger partial charge in [-0.3, -0.25) is 28.9 Å². The van der Waals surface area contributed by atoms with Crippen molar-refractivity contribution < 1.29 is 115 Å². The summed E-state index contributed by atoms with van der Waals surface area (Å²) in [4.78, 5) is 107. The average molecular weight is 1380 g/mol. The Balaban J connectivity index is 0.615. The Hall–Kier alpha value is -8.07. The van der Waals surface area contributed by atoms with Crippen LogP contribution in [-0.2, 0) is 80.3 Å². The largest absolute Gasteiger partial charge is 0.507 e. The van der Waals surface area contributed by atoms with Crippen LogP contribution in [0.4, 0.5) is 20.1 Å². The Labute approximate surface area is 558 Å². The second kappa shape index (κ2) is 31.2. The smallest absolute Gasteiger partial charge is 0.421 e. The fraction of sp³-hybridized carbons (Fsp3) is 0.569. The van der Waals surface area contributed by atoms with Crippen LogP contribution in [0.5, 0.6) is 17.2 Å². The maximum atomic E-state index is 14.2. The van der Waals surface area contributed by atoms with Gasteiger partial charge in [0.15, 0.2) is 30.4 Å². The molecule has 1 unspecified atom stereocenters. The van der Waals surface area contributed by atoms with Crippen molar-refractivity contribution in [3.63, 3.8) is 0 Å². The highest BCUT2D eigenvalue weighted by Crippen LogP contribution is 2.54. The predicted molar refractivity (Wildman–Crippen MR) is 336 cm³/mol. The zero-order valence-electron chi connectivity index (χ0n) is 54.1. The number of aliphatic hydroxyl groups is 2. The summed E-state index contributed by atoms with van der Waals surface area (Å²) >= 11 is 0. The molecule has 97 heavy (non-hydrogen) atoms. The lowest BCUT2D eigenvalue weighted by molar-refractivity contribution is -0.261. The van der Waals surface area contributed by atoms with Crippen molar-refractivity contribution >= 4 is 63.3 Å². The summed E-state index contributed by atoms with van der Waals surface area (Å²) in [6, 6.07) is 8.22. The first-order valence-corrected chi connectivity index (χ1v) is 33.6. The van der Waals surface area contributed by atoms with Gasteiger partial charge in [-0.15, -0.1) is 11.8 Å². The quantitative estimate of drug-likeness (QED) is 0.0177. The third kappa shape index (κ3) is 16.6. The van der Waals surface area contributed by atoms with E-state index in [-0.39, 0.29) is 106 Å². The summed E-state index contributed by atoms with van der Waals surface area (Å²) in [7, 11) is -2.91. The van der Waals surface area contributed by atoms with E-state index in [4.69, 9.17) is 47.4 Å². The molecule has 3 heterocycles. The zero-order chi connectivity index (χ0) is 69.5. The van der Waals surface area contributed by atoms with Gasteiger partial charge in [-0.2, -0.15) is 13.1 Å². The monoisotopic (exact) mass is 1380 g/mol. The number of anilines is 1. The number of phenols is 2. The van der Waals surface area contributed by atoms with Crippen LogP contribution in [-0.4, -0.2) is 209 Å². The topological polar surface area (TPSA) is 419 Å². The van der Waals surface area contributed by atoms with Gasteiger partial charge < -0.3 is 89.1 Å². The average Bonchev–Trinajstić information content (AvgIpc) is 1.54. The van der Waals surface area contributed by atoms with Crippen LogP contribution in [0, 0.1) is 35.5 Å². The normalized spacial score (nSPS) is 26.0. The molecular formula is C65H81N7O24S. The molecule has 4 aliphatic carbocycles. The molecule has 0 aromatic heterocycles. The second-order valence-corrected chi connectivity index (χ2v) is 26.5. The predicted octanol–water partition coefficient (Wildman–Crippen LogP) is 2.22. The first-order valence-electron chi connectivity index (χ1n) is 32.1. The summed E-state index contributed by atoms with van der Waals surface area (Å²) in [5.41, 5.74) is -2.98. The number of benzene rings is 3. The number of aliphatic hydroxyl groups excluding tert-OH is 1. The van der Waals surface area contributed by atoms with Crippen LogP contribution < -0.4 is 35.4 Å². The van der Waals surface area contributed by atoms with Crippen molar-refractivity contribution in [3.05, 3.63) is 81.4 Å². The lowest BCUT2D eigenvalue weighted by atomic mass is 9.72. The molecule has 3 aromatic rings. The number of hydrogen-bond donors (Lipinski definition) is 10. The number of aromatic hydroxyl groups is 2. The third-order valence-corrected chi connectivity index (χ3v) is 19.3. The molecule has 5 amide bonds. The molecule has 0 spiro atoms. The van der Waals surface area contributed by atoms with Gasteiger partial charge in [0.25, 0.3) is 0 Å². The molecule has 526 valence electrons. The van der Waals surface area contributed by atoms with E-state index in [2.05, 4.69) is 37.8 Å². The maximum absolute atomic E-state index is 14.2. The molecular weight excluding hydrogens is 1290 g/mol. The van der Waals surface area contributed by atoms with E-state index in [1.165, 1.54) is 32.2 Å². The molecule has 7 aliphatic rings. The molecule has 31 nitrogen and oxygen atoms in total. The Morgan fingerprint density at radius 2 is 1.56 bits per heavy atom. The van der Waals surface area contributed by atoms with E-state index in [9.17, 15) is 67.2 Å². The summed E-state index contributed by atoms with van der Waals surface area (Å²) in [6.45, 7) is 5.43. The first-order chi connectivity index (χ1) is 46.4. The van der Waals surface area contributed by atoms with Gasteiger partial charge in [0.2, 0.25) is 17.6 Å². The van der Waals surface area contributed by atoms with Crippen molar-refractivity contribution in [1.29, 1.82) is 0 Å². The minimum Gasteiger partial charge on any atom is -0.507 e. The Morgan fingerprint density at radius 3 is 2.27 bits per heavy atom. The van der Waals surface area contributed by atoms with Gasteiger partial charge in [-0.05, 0) is 74.1 Å². The van der Waals surface area contributed by atoms with Crippen LogP contribution in [0.3, 0.4) is 0 Å². The van der Waals surface area contributed by atoms with Crippen LogP contribution in [0.2, 0.25) is 0 Å². The molecule has 32 heteroatoms. The highest BCUT2D eigenvalue weighted by molar-refractivity contribution is 7.88. The van der Waals surface area contributed by atoms with Gasteiger partial charge in [-0.25, -0.2) is 19.1 Å². The van der Waals surface area contributed by atoms with E-state index in [1.807, 2.05) is 9.62 Å². The van der Waals surface area contributed by atoms with Gasteiger partial charge in [0, 0.05) is 80.2 Å². The molecule has 4 fully saturated rings. The molecule has 3 aromatic carbocycles. The van der Waals surface area contributed by atoms with E-state index in [1.54, 1.807) is 45.0 Å². The summed E-state index contributed by atoms with van der Waals surface area (Å²) in [5.74, 6) is 1.63. The second-order valence-electron chi connectivity index (χ2n) is 25.0. The number of fused-ring (bicyclic) bond motifs is 7. The third-order valence-electron chi connectivity index (χ3n) is 18.3. The Bertz CT molecular complexity index is 3640. The van der Waals surface area contributed by atoms with E-state index < -0.39 is 160 Å². The molecule has 3 saturated heterocycles. The Morgan fingerprint density at radius 1 is 0.825 bits per heavy atom. The minimum atomic E-state index is -4.22. The number of phenolic OH excluding ortho intramolecular Hbond substituents is 2. The minimum absolute atomic E-state index is 0.0124. The number of nitrogens with zero attached hydrogens (tertiary/aromatic N) is 1. The lowest BCUT2D eigenvalue weighted by Crippen LogP contribution is -2.55. The fourth-order valence-corrected chi connectivity index (χ4v) is 14.0. The number of amides is 5. The Kier molecular flexibility index (Phi) is 23.1. The molecule has 10 rings (SSSR count). The van der Waals surface area contributed by atoms with Crippen LogP contribution in [0.1, 0.15) is 121 Å². The number of Topliss-reactive ketones (excluding diaryl/α,β-unsaturated/α-hetero) is 1. The lowest BCUT2D eigenvalue weighted by Gasteiger charge is -2.43. The molecule has 3 aliphatic heterocycles. The molecule has 1 saturated carbocycles. The summed E-state index contributed by atoms with van der Waals surface area (Å²) in [5, 5.41) is 55.9. The number of nitrogens with one attached hydrogen (secondary N) is 6. The highest BCUT2D eigenvalue weighted by Gasteiger charge is 2.56. The van der Waals surface area contributed by atoms with E-state index >= 15 is 0 Å². The van der Waals surface area contributed by atoms with Crippen LogP contribution in [0.25, 0.3) is 0 Å². The number of hydrogen-bond acceptors (Lipinski definition) is 25. The van der Waals surface area contributed by atoms with Crippen LogP contribution in [0.15, 0.2) is 42.5 Å². The van der Waals surface area contributed by atoms with Gasteiger partial charge in [-0.1, -0.05) is 38.1 Å². The van der Waals surface area contributed by atoms with Crippen molar-refractivity contribution in [3.8, 4) is 29.1 Å². The van der Waals surface area contributed by atoms with Crippen molar-refractivity contribution in [2.24, 2.45) is 23.7 Å². The van der Waals surface area contributed by atoms with Gasteiger partial charge in [0.1, 0.15) is 60.9 Å². The SMILES string of the molecule is COc1cccc2c1C(=O)c1c(O)c3c(c(O)c1C2=O)C[C@@](O)(C(=O)CO)C[C@@H]3O[C@H]1C[C@H]2[C@H](O[C@@H]3[C@@H](OCCNC(=O)OCc4ccc(NC(=O)[C@H](C)NC(=O)[C@@H](NC(=O)OCCOCCNS(=O)(=O)NC(=O)OCC5[C@H]6CCC#CCC[C@@H]56)C(C)C)cc4)OCCN32)[C@H](C)O1. The van der Waals surface area contributed by atoms with E-state index in [0.29, 0.717) is 29.6 Å². The van der Waals surface area contributed by atoms with Crippen LogP contribution >= 0.6 is 0 Å². The van der Waals surface area contributed by atoms with Gasteiger partial charge in [0.05, 0.1) is 69.0 Å². The van der Waals surface area contributed by atoms with Crippen molar-refractivity contribution in [2.75, 3.05) is 78.3 Å². The number of carbonyl (C=O) groups is 8. The fourth-order valence-electron chi connectivity index (χ4n) is 13.3. The van der Waals surface area contributed by atoms with Crippen molar-refractivity contribution in [2.45, 2.75) is 140 Å². The molecule has 10 N–H and O–H groups in total. The molecule has 0 radical (unpaired) electrons. The molecule has 13 atom stereocenters. The zero-order valence-corrected chi connectivity index (χ0v) is 54.9. The number of morpholine rings is 1. The number of alkyl carbamates (subject to hydrolysis) is 2. The van der Waals surface area contributed by atoms with Crippen molar-refractivity contribution in [1.82, 2.24) is 30.3 Å². The highest BCUT2D eigenvalue weighted by atomic mass is 32.2. The standard InChI is InChI=1S/C65H81N7O24S/c1-33(2)52(70-63(82)91-26-25-88-22-20-67-97(85,86)71-64(83)93-32-42-38-11-8-6-7-9-12-39(38)42)59(80)68-34(3)58(79)69-37-17-15-36(16-18-37)31-92-62(81)66-19-23-89-61-60-72(21-24-90-61)43-27-47(94-35(4)57(43)96-60)95-45-29-65(84,46(74)30-73)28-41-49(45)56(78)51-50(54(41)76)53(75)40-13-10-14-44(87-5)48(40)55(51)77/h10,13-18,33-35,38-39,42-43,45,47,52,57,60-61,67,73,76,78,84H,8-9,11-12,19-32H2,1-5H3,(H,66,81)(H,68,80)(H,69,79)(H,70,82)(H,71,83)/t34-,35-,38-,39+,42?,43-,45-,47-,52-,57+,60+,61-,65-/m0/s1. The number of carbonyl (C=O) groups excluding carboxylic acids is 8. The summed E-state index contributed by atoms with van der Waals surface area (Å²) < 4.78 is 86.3.